The lowest BCUT2D eigenvalue weighted by Crippen LogP contribution is -2.38. The summed E-state index contributed by atoms with van der Waals surface area (Å²) in [6.45, 7) is 4.66. The molecule has 1 aliphatic heterocycles. The minimum absolute atomic E-state index is 0.0522. The normalized spacial score (nSPS) is 17.1. The Balaban J connectivity index is 1.59. The van der Waals surface area contributed by atoms with Gasteiger partial charge in [0.25, 0.3) is 0 Å². The SMILES string of the molecule is CC(C)C(=O)N1CCCc2ccc(NC(=O)C(=O)NCCC(O)C3CC3)cc21. The smallest absolute Gasteiger partial charge is 0.313 e. The third kappa shape index (κ3) is 4.90. The van der Waals surface area contributed by atoms with Gasteiger partial charge in [-0.3, -0.25) is 14.4 Å². The van der Waals surface area contributed by atoms with Gasteiger partial charge in [-0.05, 0) is 55.7 Å². The van der Waals surface area contributed by atoms with Crippen LogP contribution in [0.25, 0.3) is 0 Å². The van der Waals surface area contributed by atoms with Crippen molar-refractivity contribution in [2.45, 2.75) is 52.1 Å². The number of carbonyl (C=O) groups excluding carboxylic acids is 3. The number of aliphatic hydroxyl groups is 1. The fraction of sp³-hybridized carbons (Fsp3) is 0.571. The first-order chi connectivity index (χ1) is 13.4. The molecule has 7 heteroatoms. The number of hydrogen-bond donors (Lipinski definition) is 3. The highest BCUT2D eigenvalue weighted by atomic mass is 16.3. The van der Waals surface area contributed by atoms with Gasteiger partial charge in [0, 0.05) is 30.4 Å². The molecule has 1 saturated carbocycles. The molecule has 1 heterocycles. The van der Waals surface area contributed by atoms with Crippen LogP contribution in [0, 0.1) is 11.8 Å². The number of amides is 3. The van der Waals surface area contributed by atoms with E-state index in [1.54, 1.807) is 17.0 Å². The number of anilines is 2. The molecule has 0 aromatic heterocycles. The van der Waals surface area contributed by atoms with E-state index in [2.05, 4.69) is 10.6 Å². The Hall–Kier alpha value is -2.41. The number of fused-ring (bicyclic) bond motifs is 1. The summed E-state index contributed by atoms with van der Waals surface area (Å²) in [6.07, 6.45) is 3.90. The summed E-state index contributed by atoms with van der Waals surface area (Å²) in [5.74, 6) is -1.19. The van der Waals surface area contributed by atoms with Crippen LogP contribution in [0.2, 0.25) is 0 Å². The van der Waals surface area contributed by atoms with Crippen molar-refractivity contribution < 1.29 is 19.5 Å². The van der Waals surface area contributed by atoms with E-state index in [4.69, 9.17) is 0 Å². The third-order valence-electron chi connectivity index (χ3n) is 5.32. The van der Waals surface area contributed by atoms with E-state index in [-0.39, 0.29) is 18.4 Å². The van der Waals surface area contributed by atoms with Gasteiger partial charge in [0.15, 0.2) is 0 Å². The number of aryl methyl sites for hydroxylation is 1. The maximum absolute atomic E-state index is 12.5. The van der Waals surface area contributed by atoms with Crippen LogP contribution >= 0.6 is 0 Å². The van der Waals surface area contributed by atoms with E-state index in [9.17, 15) is 19.5 Å². The number of hydrogen-bond acceptors (Lipinski definition) is 4. The van der Waals surface area contributed by atoms with Crippen LogP contribution in [0.4, 0.5) is 11.4 Å². The molecular weight excluding hydrogens is 358 g/mol. The van der Waals surface area contributed by atoms with Crippen molar-refractivity contribution in [3.63, 3.8) is 0 Å². The van der Waals surface area contributed by atoms with Crippen molar-refractivity contribution in [1.82, 2.24) is 5.32 Å². The van der Waals surface area contributed by atoms with Crippen molar-refractivity contribution in [3.8, 4) is 0 Å². The average molecular weight is 387 g/mol. The minimum atomic E-state index is -0.751. The second kappa shape index (κ2) is 8.73. The molecule has 7 nitrogen and oxygen atoms in total. The van der Waals surface area contributed by atoms with Gasteiger partial charge in [-0.15, -0.1) is 0 Å². The molecule has 0 bridgehead atoms. The zero-order valence-electron chi connectivity index (χ0n) is 16.5. The summed E-state index contributed by atoms with van der Waals surface area (Å²) in [6, 6.07) is 5.41. The van der Waals surface area contributed by atoms with Crippen LogP contribution in [0.5, 0.6) is 0 Å². The molecule has 3 rings (SSSR count). The number of benzene rings is 1. The van der Waals surface area contributed by atoms with E-state index in [0.29, 0.717) is 24.6 Å². The maximum Gasteiger partial charge on any atom is 0.313 e. The van der Waals surface area contributed by atoms with E-state index >= 15 is 0 Å². The van der Waals surface area contributed by atoms with Crippen molar-refractivity contribution in [2.75, 3.05) is 23.3 Å². The van der Waals surface area contributed by atoms with Crippen LogP contribution in [0.15, 0.2) is 18.2 Å². The highest BCUT2D eigenvalue weighted by molar-refractivity contribution is 6.39. The van der Waals surface area contributed by atoms with Gasteiger partial charge in [-0.1, -0.05) is 19.9 Å². The van der Waals surface area contributed by atoms with Gasteiger partial charge < -0.3 is 20.6 Å². The first-order valence-electron chi connectivity index (χ1n) is 10.1. The molecule has 1 aromatic rings. The molecular formula is C21H29N3O4. The van der Waals surface area contributed by atoms with Gasteiger partial charge in [0.1, 0.15) is 0 Å². The minimum Gasteiger partial charge on any atom is -0.393 e. The lowest BCUT2D eigenvalue weighted by molar-refractivity contribution is -0.136. The Morgan fingerprint density at radius 3 is 2.64 bits per heavy atom. The fourth-order valence-corrected chi connectivity index (χ4v) is 3.51. The zero-order valence-corrected chi connectivity index (χ0v) is 16.5. The molecule has 3 amide bonds. The first kappa shape index (κ1) is 20.3. The lowest BCUT2D eigenvalue weighted by atomic mass is 9.99. The predicted molar refractivity (Wildman–Crippen MR) is 107 cm³/mol. The largest absolute Gasteiger partial charge is 0.393 e. The lowest BCUT2D eigenvalue weighted by Gasteiger charge is -2.31. The monoisotopic (exact) mass is 387 g/mol. The number of rotatable bonds is 6. The standard InChI is InChI=1S/C21H29N3O4/c1-13(2)21(28)24-11-3-4-14-7-8-16(12-17(14)24)23-20(27)19(26)22-10-9-18(25)15-5-6-15/h7-8,12-13,15,18,25H,3-6,9-11H2,1-2H3,(H,22,26)(H,23,27). The van der Waals surface area contributed by atoms with E-state index < -0.39 is 17.9 Å². The quantitative estimate of drug-likeness (QED) is 0.649. The second-order valence-electron chi connectivity index (χ2n) is 8.00. The number of aliphatic hydroxyl groups excluding tert-OH is 1. The number of nitrogens with one attached hydrogen (secondary N) is 2. The third-order valence-corrected chi connectivity index (χ3v) is 5.32. The Morgan fingerprint density at radius 2 is 1.96 bits per heavy atom. The van der Waals surface area contributed by atoms with E-state index in [0.717, 1.165) is 36.9 Å². The van der Waals surface area contributed by atoms with Crippen LogP contribution in [-0.4, -0.2) is 42.0 Å². The van der Waals surface area contributed by atoms with Gasteiger partial charge in [-0.2, -0.15) is 0 Å². The summed E-state index contributed by atoms with van der Waals surface area (Å²) in [5, 5.41) is 15.0. The summed E-state index contributed by atoms with van der Waals surface area (Å²) >= 11 is 0. The van der Waals surface area contributed by atoms with Crippen LogP contribution < -0.4 is 15.5 Å². The summed E-state index contributed by atoms with van der Waals surface area (Å²) in [5.41, 5.74) is 2.35. The van der Waals surface area contributed by atoms with Gasteiger partial charge in [-0.25, -0.2) is 0 Å². The van der Waals surface area contributed by atoms with E-state index in [1.807, 2.05) is 19.9 Å². The molecule has 1 atom stereocenters. The molecule has 2 aliphatic rings. The maximum atomic E-state index is 12.5. The number of nitrogens with zero attached hydrogens (tertiary/aromatic N) is 1. The topological polar surface area (TPSA) is 98.7 Å². The molecule has 1 aromatic carbocycles. The number of carbonyl (C=O) groups is 3. The van der Waals surface area contributed by atoms with Crippen molar-refractivity contribution in [1.29, 1.82) is 0 Å². The Kier molecular flexibility index (Phi) is 6.34. The van der Waals surface area contributed by atoms with Gasteiger partial charge >= 0.3 is 11.8 Å². The first-order valence-corrected chi connectivity index (χ1v) is 10.1. The van der Waals surface area contributed by atoms with Crippen LogP contribution in [0.3, 0.4) is 0 Å². The highest BCUT2D eigenvalue weighted by Crippen LogP contribution is 2.33. The van der Waals surface area contributed by atoms with Crippen LogP contribution in [-0.2, 0) is 20.8 Å². The molecule has 152 valence electrons. The van der Waals surface area contributed by atoms with Crippen molar-refractivity contribution in [3.05, 3.63) is 23.8 Å². The zero-order chi connectivity index (χ0) is 20.3. The van der Waals surface area contributed by atoms with Crippen molar-refractivity contribution in [2.24, 2.45) is 11.8 Å². The average Bonchev–Trinajstić information content (AvgIpc) is 3.52. The molecule has 1 aliphatic carbocycles. The van der Waals surface area contributed by atoms with E-state index in [1.165, 1.54) is 0 Å². The van der Waals surface area contributed by atoms with Gasteiger partial charge in [0.2, 0.25) is 5.91 Å². The Morgan fingerprint density at radius 1 is 1.21 bits per heavy atom. The van der Waals surface area contributed by atoms with Gasteiger partial charge in [0.05, 0.1) is 6.10 Å². The molecule has 0 saturated heterocycles. The Labute approximate surface area is 165 Å². The molecule has 1 unspecified atom stereocenters. The molecule has 0 radical (unpaired) electrons. The second-order valence-corrected chi connectivity index (χ2v) is 8.00. The fourth-order valence-electron chi connectivity index (χ4n) is 3.51. The highest BCUT2D eigenvalue weighted by Gasteiger charge is 2.29. The Bertz CT molecular complexity index is 758. The van der Waals surface area contributed by atoms with Crippen LogP contribution in [0.1, 0.15) is 45.1 Å². The summed E-state index contributed by atoms with van der Waals surface area (Å²) < 4.78 is 0. The molecule has 3 N–H and O–H groups in total. The molecule has 28 heavy (non-hydrogen) atoms. The summed E-state index contributed by atoms with van der Waals surface area (Å²) in [7, 11) is 0. The molecule has 1 fully saturated rings. The van der Waals surface area contributed by atoms with Crippen molar-refractivity contribution >= 4 is 29.1 Å². The molecule has 0 spiro atoms. The predicted octanol–water partition coefficient (Wildman–Crippen LogP) is 1.84. The summed E-state index contributed by atoms with van der Waals surface area (Å²) in [4.78, 5) is 38.4.